The average molecular weight is 1050 g/mol. The lowest BCUT2D eigenvalue weighted by atomic mass is 10.0. The zero-order valence-electron chi connectivity index (χ0n) is 50.6. The van der Waals surface area contributed by atoms with Crippen LogP contribution in [-0.4, -0.2) is 47.4 Å². The van der Waals surface area contributed by atoms with Crippen molar-refractivity contribution in [2.24, 2.45) is 0 Å². The molecular weight excluding hydrogens is 911 g/mol. The Balaban J connectivity index is 3.39. The summed E-state index contributed by atoms with van der Waals surface area (Å²) in [7, 11) is 0. The van der Waals surface area contributed by atoms with E-state index in [1.54, 1.807) is 0 Å². The van der Waals surface area contributed by atoms with E-state index in [1.807, 2.05) is 0 Å². The largest absolute Gasteiger partial charge is 0.466 e. The van der Waals surface area contributed by atoms with Gasteiger partial charge in [-0.1, -0.05) is 361 Å². The number of rotatable bonds is 65. The molecule has 6 nitrogen and oxygen atoms in total. The van der Waals surface area contributed by atoms with E-state index in [0.29, 0.717) is 25.9 Å². The van der Waals surface area contributed by atoms with E-state index in [9.17, 15) is 19.8 Å². The van der Waals surface area contributed by atoms with Gasteiger partial charge in [-0.25, -0.2) is 0 Å². The van der Waals surface area contributed by atoms with Crippen LogP contribution in [0.3, 0.4) is 0 Å². The Morgan fingerprint density at radius 3 is 0.824 bits per heavy atom. The first kappa shape index (κ1) is 72.9. The molecule has 0 bridgehead atoms. The van der Waals surface area contributed by atoms with Gasteiger partial charge in [0, 0.05) is 12.8 Å². The van der Waals surface area contributed by atoms with Crippen LogP contribution in [0.5, 0.6) is 0 Å². The van der Waals surface area contributed by atoms with Gasteiger partial charge in [0.1, 0.15) is 0 Å². The molecule has 0 spiro atoms. The van der Waals surface area contributed by atoms with Crippen molar-refractivity contribution in [2.45, 2.75) is 411 Å². The molecule has 0 saturated heterocycles. The molecule has 6 heteroatoms. The van der Waals surface area contributed by atoms with Gasteiger partial charge in [0.2, 0.25) is 5.91 Å². The van der Waals surface area contributed by atoms with E-state index in [2.05, 4.69) is 19.2 Å². The first-order valence-corrected chi connectivity index (χ1v) is 34.3. The first-order chi connectivity index (χ1) is 36.5. The van der Waals surface area contributed by atoms with Crippen molar-refractivity contribution in [1.29, 1.82) is 0 Å². The topological polar surface area (TPSA) is 95.9 Å². The van der Waals surface area contributed by atoms with Gasteiger partial charge in [-0.3, -0.25) is 9.59 Å². The number of hydrogen-bond donors (Lipinski definition) is 3. The zero-order chi connectivity index (χ0) is 53.6. The fourth-order valence-electron chi connectivity index (χ4n) is 11.2. The molecule has 3 N–H and O–H groups in total. The van der Waals surface area contributed by atoms with E-state index >= 15 is 0 Å². The van der Waals surface area contributed by atoms with Crippen molar-refractivity contribution in [2.75, 3.05) is 13.2 Å². The van der Waals surface area contributed by atoms with Crippen LogP contribution in [0.1, 0.15) is 399 Å². The van der Waals surface area contributed by atoms with E-state index in [4.69, 9.17) is 4.74 Å². The number of hydrogen-bond acceptors (Lipinski definition) is 5. The van der Waals surface area contributed by atoms with E-state index < -0.39 is 12.1 Å². The van der Waals surface area contributed by atoms with E-state index in [0.717, 1.165) is 38.5 Å². The summed E-state index contributed by atoms with van der Waals surface area (Å²) in [6.45, 7) is 4.99. The highest BCUT2D eigenvalue weighted by molar-refractivity contribution is 5.76. The van der Waals surface area contributed by atoms with Crippen LogP contribution in [0.4, 0.5) is 0 Å². The highest BCUT2D eigenvalue weighted by Crippen LogP contribution is 2.19. The average Bonchev–Trinajstić information content (AvgIpc) is 3.40. The molecule has 0 fully saturated rings. The summed E-state index contributed by atoms with van der Waals surface area (Å²) in [4.78, 5) is 24.6. The highest BCUT2D eigenvalue weighted by Gasteiger charge is 2.20. The minimum Gasteiger partial charge on any atom is -0.466 e. The molecule has 0 saturated carbocycles. The van der Waals surface area contributed by atoms with Gasteiger partial charge in [0.15, 0.2) is 0 Å². The third kappa shape index (κ3) is 60.1. The predicted octanol–water partition coefficient (Wildman–Crippen LogP) is 21.8. The van der Waals surface area contributed by atoms with Crippen LogP contribution in [0, 0.1) is 0 Å². The number of aliphatic hydroxyl groups excluding tert-OH is 2. The Kier molecular flexibility index (Phi) is 63.4. The van der Waals surface area contributed by atoms with E-state index in [-0.39, 0.29) is 18.5 Å². The molecule has 0 aliphatic rings. The number of ether oxygens (including phenoxy) is 1. The molecule has 0 aliphatic carbocycles. The SMILES string of the molecule is CCCCCCCCCCCCCCCCCCCCCCCCCCCC(O)C(CO)NC(=O)CCCCCCCCCCCCCCCCCCOC(=O)CCCCCCCCCCCCCCCCCC. The second-order valence-corrected chi connectivity index (χ2v) is 23.9. The number of unbranched alkanes of at least 4 members (excludes halogenated alkanes) is 54. The standard InChI is InChI=1S/C68H135NO5/c1-3-5-7-9-11-13-15-17-19-21-22-23-24-25-26-27-28-29-32-36-40-44-48-52-56-60-66(71)65(64-70)69-67(72)61-57-53-49-45-41-37-33-30-31-35-39-43-47-51-55-59-63-74-68(73)62-58-54-50-46-42-38-34-20-18-16-14-12-10-8-6-4-2/h65-66,70-71H,3-64H2,1-2H3,(H,69,72). The maximum Gasteiger partial charge on any atom is 0.305 e. The molecule has 0 rings (SSSR count). The minimum absolute atomic E-state index is 0.00852. The van der Waals surface area contributed by atoms with Crippen LogP contribution < -0.4 is 5.32 Å². The summed E-state index contributed by atoms with van der Waals surface area (Å²) < 4.78 is 5.50. The quantitative estimate of drug-likeness (QED) is 0.0417. The molecule has 0 aliphatic heterocycles. The van der Waals surface area contributed by atoms with Gasteiger partial charge in [-0.15, -0.1) is 0 Å². The van der Waals surface area contributed by atoms with Crippen molar-refractivity contribution in [3.8, 4) is 0 Å². The van der Waals surface area contributed by atoms with Crippen molar-refractivity contribution in [1.82, 2.24) is 5.32 Å². The normalized spacial score (nSPS) is 12.4. The van der Waals surface area contributed by atoms with Crippen molar-refractivity contribution >= 4 is 11.9 Å². The Morgan fingerprint density at radius 2 is 0.554 bits per heavy atom. The molecule has 1 amide bonds. The van der Waals surface area contributed by atoms with Gasteiger partial charge in [0.25, 0.3) is 0 Å². The Morgan fingerprint density at radius 1 is 0.324 bits per heavy atom. The summed E-state index contributed by atoms with van der Waals surface area (Å²) in [6.07, 6.45) is 77.0. The monoisotopic (exact) mass is 1050 g/mol. The number of carbonyl (C=O) groups is 2. The van der Waals surface area contributed by atoms with Crippen LogP contribution >= 0.6 is 0 Å². The number of amides is 1. The zero-order valence-corrected chi connectivity index (χ0v) is 50.6. The van der Waals surface area contributed by atoms with Gasteiger partial charge in [0.05, 0.1) is 25.4 Å². The van der Waals surface area contributed by atoms with Gasteiger partial charge in [-0.05, 0) is 25.7 Å². The molecule has 442 valence electrons. The minimum atomic E-state index is -0.669. The van der Waals surface area contributed by atoms with Crippen LogP contribution in [0.25, 0.3) is 0 Å². The van der Waals surface area contributed by atoms with Crippen LogP contribution in [0.15, 0.2) is 0 Å². The molecule has 2 unspecified atom stereocenters. The number of aliphatic hydroxyl groups is 2. The van der Waals surface area contributed by atoms with Gasteiger partial charge < -0.3 is 20.3 Å². The van der Waals surface area contributed by atoms with Crippen molar-refractivity contribution in [3.05, 3.63) is 0 Å². The molecule has 74 heavy (non-hydrogen) atoms. The summed E-state index contributed by atoms with van der Waals surface area (Å²) in [5, 5.41) is 23.4. The molecule has 0 radical (unpaired) electrons. The van der Waals surface area contributed by atoms with E-state index in [1.165, 1.54) is 327 Å². The summed E-state index contributed by atoms with van der Waals surface area (Å²) >= 11 is 0. The van der Waals surface area contributed by atoms with Crippen LogP contribution in [0.2, 0.25) is 0 Å². The predicted molar refractivity (Wildman–Crippen MR) is 324 cm³/mol. The molecule has 0 aromatic heterocycles. The highest BCUT2D eigenvalue weighted by atomic mass is 16.5. The first-order valence-electron chi connectivity index (χ1n) is 34.3. The third-order valence-corrected chi connectivity index (χ3v) is 16.4. The lowest BCUT2D eigenvalue weighted by Gasteiger charge is -2.22. The van der Waals surface area contributed by atoms with Gasteiger partial charge >= 0.3 is 5.97 Å². The lowest BCUT2D eigenvalue weighted by Crippen LogP contribution is -2.45. The fourth-order valence-corrected chi connectivity index (χ4v) is 11.2. The molecule has 0 heterocycles. The fraction of sp³-hybridized carbons (Fsp3) is 0.971. The summed E-state index contributed by atoms with van der Waals surface area (Å²) in [5.41, 5.74) is 0. The number of esters is 1. The Hall–Kier alpha value is -1.14. The maximum absolute atomic E-state index is 12.5. The second-order valence-electron chi connectivity index (χ2n) is 23.9. The van der Waals surface area contributed by atoms with Crippen molar-refractivity contribution < 1.29 is 24.5 Å². The molecule has 2 atom stereocenters. The summed E-state index contributed by atoms with van der Waals surface area (Å²) in [5.74, 6) is -0.0272. The Bertz CT molecular complexity index is 1070. The molecule has 0 aromatic rings. The second kappa shape index (κ2) is 64.4. The van der Waals surface area contributed by atoms with Crippen LogP contribution in [-0.2, 0) is 14.3 Å². The molecule has 0 aromatic carbocycles. The van der Waals surface area contributed by atoms with Crippen molar-refractivity contribution in [3.63, 3.8) is 0 Å². The Labute approximate surface area is 464 Å². The summed E-state index contributed by atoms with van der Waals surface area (Å²) in [6, 6.07) is -0.547. The number of nitrogens with one attached hydrogen (secondary N) is 1. The smallest absolute Gasteiger partial charge is 0.305 e. The van der Waals surface area contributed by atoms with Gasteiger partial charge in [-0.2, -0.15) is 0 Å². The number of carbonyl (C=O) groups excluding carboxylic acids is 2. The maximum atomic E-state index is 12.5. The third-order valence-electron chi connectivity index (χ3n) is 16.4. The lowest BCUT2D eigenvalue weighted by molar-refractivity contribution is -0.143. The molecular formula is C68H135NO5.